The smallest absolute Gasteiger partial charge is 0.272 e. The van der Waals surface area contributed by atoms with Crippen LogP contribution in [0, 0.1) is 0 Å². The maximum absolute atomic E-state index is 12.6. The standard InChI is InChI=1S/C13H20ClN3O2/c1-4-10-5-12(16(3)15-10)13(18)17-7-11(6-14)19-8-9(17)2/h5,9,11H,4,6-8H2,1-3H3. The predicted octanol–water partition coefficient (Wildman–Crippen LogP) is 1.45. The van der Waals surface area contributed by atoms with E-state index < -0.39 is 0 Å². The van der Waals surface area contributed by atoms with Gasteiger partial charge in [-0.25, -0.2) is 0 Å². The lowest BCUT2D eigenvalue weighted by Gasteiger charge is -2.37. The molecule has 1 aliphatic rings. The molecule has 1 aromatic heterocycles. The molecule has 1 amide bonds. The molecule has 1 saturated heterocycles. The molecule has 0 radical (unpaired) electrons. The van der Waals surface area contributed by atoms with E-state index in [1.807, 2.05) is 24.8 Å². The van der Waals surface area contributed by atoms with Gasteiger partial charge in [-0.05, 0) is 19.4 Å². The van der Waals surface area contributed by atoms with Crippen LogP contribution in [0.2, 0.25) is 0 Å². The Morgan fingerprint density at radius 1 is 1.63 bits per heavy atom. The van der Waals surface area contributed by atoms with Gasteiger partial charge in [0, 0.05) is 13.6 Å². The topological polar surface area (TPSA) is 47.4 Å². The van der Waals surface area contributed by atoms with Gasteiger partial charge >= 0.3 is 0 Å². The molecule has 1 fully saturated rings. The number of ether oxygens (including phenoxy) is 1. The first kappa shape index (κ1) is 14.3. The predicted molar refractivity (Wildman–Crippen MR) is 73.5 cm³/mol. The van der Waals surface area contributed by atoms with Crippen LogP contribution in [0.25, 0.3) is 0 Å². The number of aromatic nitrogens is 2. The highest BCUT2D eigenvalue weighted by atomic mass is 35.5. The van der Waals surface area contributed by atoms with Gasteiger partial charge in [-0.1, -0.05) is 6.92 Å². The van der Waals surface area contributed by atoms with Gasteiger partial charge in [-0.3, -0.25) is 9.48 Å². The van der Waals surface area contributed by atoms with Gasteiger partial charge in [-0.2, -0.15) is 5.10 Å². The molecule has 0 saturated carbocycles. The number of halogens is 1. The molecule has 5 nitrogen and oxygen atoms in total. The molecule has 1 aliphatic heterocycles. The second-order valence-electron chi connectivity index (χ2n) is 4.91. The summed E-state index contributed by atoms with van der Waals surface area (Å²) in [5, 5.41) is 4.32. The van der Waals surface area contributed by atoms with E-state index in [0.29, 0.717) is 24.7 Å². The Morgan fingerprint density at radius 2 is 2.37 bits per heavy atom. The fraction of sp³-hybridized carbons (Fsp3) is 0.692. The van der Waals surface area contributed by atoms with Crippen LogP contribution in [0.5, 0.6) is 0 Å². The molecule has 0 aromatic carbocycles. The van der Waals surface area contributed by atoms with E-state index in [2.05, 4.69) is 5.10 Å². The van der Waals surface area contributed by atoms with Crippen molar-refractivity contribution in [1.29, 1.82) is 0 Å². The van der Waals surface area contributed by atoms with Gasteiger partial charge < -0.3 is 9.64 Å². The van der Waals surface area contributed by atoms with Crippen LogP contribution < -0.4 is 0 Å². The van der Waals surface area contributed by atoms with E-state index in [4.69, 9.17) is 16.3 Å². The largest absolute Gasteiger partial charge is 0.373 e. The van der Waals surface area contributed by atoms with Crippen molar-refractivity contribution in [2.75, 3.05) is 19.0 Å². The third kappa shape index (κ3) is 2.92. The molecule has 0 bridgehead atoms. The summed E-state index contributed by atoms with van der Waals surface area (Å²) in [6.45, 7) is 5.08. The summed E-state index contributed by atoms with van der Waals surface area (Å²) in [4.78, 5) is 14.4. The van der Waals surface area contributed by atoms with Crippen molar-refractivity contribution in [3.63, 3.8) is 0 Å². The number of rotatable bonds is 3. The number of hydrogen-bond donors (Lipinski definition) is 0. The van der Waals surface area contributed by atoms with Crippen LogP contribution in [-0.2, 0) is 18.2 Å². The summed E-state index contributed by atoms with van der Waals surface area (Å²) in [5.74, 6) is 0.405. The molecule has 0 N–H and O–H groups in total. The van der Waals surface area contributed by atoms with Crippen molar-refractivity contribution >= 4 is 17.5 Å². The van der Waals surface area contributed by atoms with E-state index in [0.717, 1.165) is 12.1 Å². The summed E-state index contributed by atoms with van der Waals surface area (Å²) in [7, 11) is 1.80. The minimum atomic E-state index is -0.0827. The Bertz CT molecular complexity index is 461. The minimum Gasteiger partial charge on any atom is -0.373 e. The number of hydrogen-bond acceptors (Lipinski definition) is 3. The number of carbonyl (C=O) groups is 1. The van der Waals surface area contributed by atoms with Crippen molar-refractivity contribution < 1.29 is 9.53 Å². The fourth-order valence-corrected chi connectivity index (χ4v) is 2.43. The molecular formula is C13H20ClN3O2. The highest BCUT2D eigenvalue weighted by Crippen LogP contribution is 2.17. The van der Waals surface area contributed by atoms with E-state index in [9.17, 15) is 4.79 Å². The highest BCUT2D eigenvalue weighted by molar-refractivity contribution is 6.18. The lowest BCUT2D eigenvalue weighted by atomic mass is 10.2. The number of aryl methyl sites for hydroxylation is 2. The summed E-state index contributed by atoms with van der Waals surface area (Å²) < 4.78 is 7.22. The van der Waals surface area contributed by atoms with Gasteiger partial charge in [0.2, 0.25) is 0 Å². The number of alkyl halides is 1. The van der Waals surface area contributed by atoms with Gasteiger partial charge in [0.05, 0.1) is 30.3 Å². The molecule has 2 atom stereocenters. The van der Waals surface area contributed by atoms with E-state index in [1.165, 1.54) is 0 Å². The zero-order valence-corrected chi connectivity index (χ0v) is 12.4. The van der Waals surface area contributed by atoms with E-state index in [1.54, 1.807) is 11.7 Å². The highest BCUT2D eigenvalue weighted by Gasteiger charge is 2.31. The average molecular weight is 286 g/mol. The average Bonchev–Trinajstić information content (AvgIpc) is 2.80. The number of morpholine rings is 1. The number of amides is 1. The quantitative estimate of drug-likeness (QED) is 0.790. The van der Waals surface area contributed by atoms with Crippen molar-refractivity contribution in [2.24, 2.45) is 7.05 Å². The molecule has 19 heavy (non-hydrogen) atoms. The van der Waals surface area contributed by atoms with Crippen LogP contribution in [-0.4, -0.2) is 51.8 Å². The first-order valence-electron chi connectivity index (χ1n) is 6.58. The molecule has 2 heterocycles. The molecule has 2 rings (SSSR count). The van der Waals surface area contributed by atoms with Gasteiger partial charge in [0.25, 0.3) is 5.91 Å². The molecular weight excluding hydrogens is 266 g/mol. The Morgan fingerprint density at radius 3 is 2.95 bits per heavy atom. The molecule has 0 spiro atoms. The second kappa shape index (κ2) is 5.92. The van der Waals surface area contributed by atoms with Gasteiger partial charge in [0.15, 0.2) is 0 Å². The maximum atomic E-state index is 12.6. The van der Waals surface area contributed by atoms with Crippen LogP contribution in [0.4, 0.5) is 0 Å². The minimum absolute atomic E-state index is 0.000571. The van der Waals surface area contributed by atoms with Crippen LogP contribution in [0.1, 0.15) is 30.0 Å². The molecule has 1 aromatic rings. The number of carbonyl (C=O) groups excluding carboxylic acids is 1. The third-order valence-electron chi connectivity index (χ3n) is 3.45. The first-order chi connectivity index (χ1) is 9.06. The maximum Gasteiger partial charge on any atom is 0.272 e. The molecule has 6 heteroatoms. The Labute approximate surface area is 118 Å². The van der Waals surface area contributed by atoms with Gasteiger partial charge in [0.1, 0.15) is 5.69 Å². The van der Waals surface area contributed by atoms with Crippen LogP contribution >= 0.6 is 11.6 Å². The normalized spacial score (nSPS) is 23.7. The summed E-state index contributed by atoms with van der Waals surface area (Å²) in [5.41, 5.74) is 1.56. The fourth-order valence-electron chi connectivity index (χ4n) is 2.24. The van der Waals surface area contributed by atoms with Crippen LogP contribution in [0.3, 0.4) is 0 Å². The number of nitrogens with zero attached hydrogens (tertiary/aromatic N) is 3. The van der Waals surface area contributed by atoms with Crippen molar-refractivity contribution in [3.8, 4) is 0 Å². The molecule has 0 aliphatic carbocycles. The SMILES string of the molecule is CCc1cc(C(=O)N2CC(CCl)OCC2C)n(C)n1. The summed E-state index contributed by atoms with van der Waals surface area (Å²) in [6.07, 6.45) is 0.741. The monoisotopic (exact) mass is 285 g/mol. The zero-order chi connectivity index (χ0) is 14.0. The molecule has 106 valence electrons. The summed E-state index contributed by atoms with van der Waals surface area (Å²) in [6, 6.07) is 1.92. The first-order valence-corrected chi connectivity index (χ1v) is 7.11. The van der Waals surface area contributed by atoms with Crippen LogP contribution in [0.15, 0.2) is 6.07 Å². The van der Waals surface area contributed by atoms with Gasteiger partial charge in [-0.15, -0.1) is 11.6 Å². The Hall–Kier alpha value is -1.07. The van der Waals surface area contributed by atoms with E-state index >= 15 is 0 Å². The van der Waals surface area contributed by atoms with Crippen molar-refractivity contribution in [1.82, 2.24) is 14.7 Å². The van der Waals surface area contributed by atoms with Crippen molar-refractivity contribution in [3.05, 3.63) is 17.5 Å². The Kier molecular flexibility index (Phi) is 4.47. The lowest BCUT2D eigenvalue weighted by Crippen LogP contribution is -2.51. The zero-order valence-electron chi connectivity index (χ0n) is 11.6. The summed E-state index contributed by atoms with van der Waals surface area (Å²) >= 11 is 5.82. The lowest BCUT2D eigenvalue weighted by molar-refractivity contribution is -0.0375. The second-order valence-corrected chi connectivity index (χ2v) is 5.22. The van der Waals surface area contributed by atoms with E-state index in [-0.39, 0.29) is 18.1 Å². The Balaban J connectivity index is 2.19. The molecule has 2 unspecified atom stereocenters. The third-order valence-corrected chi connectivity index (χ3v) is 3.79. The van der Waals surface area contributed by atoms with Crippen molar-refractivity contribution in [2.45, 2.75) is 32.4 Å².